The first-order chi connectivity index (χ1) is 35.6. The number of carbonyl (C=O) groups excluding carboxylic acids is 1. The minimum absolute atomic E-state index is 0.0255. The summed E-state index contributed by atoms with van der Waals surface area (Å²) < 4.78 is 34.9. The summed E-state index contributed by atoms with van der Waals surface area (Å²) in [6, 6.07) is 0. The number of unbranched alkanes of at least 4 members (excludes halogenated alkanes) is 37. The van der Waals surface area contributed by atoms with E-state index in [0.29, 0.717) is 24.1 Å². The second-order valence-corrected chi connectivity index (χ2v) is 23.8. The van der Waals surface area contributed by atoms with Gasteiger partial charge in [0, 0.05) is 13.0 Å². The van der Waals surface area contributed by atoms with E-state index in [-0.39, 0.29) is 25.8 Å². The molecule has 0 aliphatic carbocycles. The van der Waals surface area contributed by atoms with Crippen LogP contribution in [0.4, 0.5) is 0 Å². The van der Waals surface area contributed by atoms with Crippen LogP contribution in [0.3, 0.4) is 0 Å². The number of carbonyl (C=O) groups is 1. The lowest BCUT2D eigenvalue weighted by Gasteiger charge is -2.28. The number of quaternary nitrogens is 1. The topological polar surface area (TPSA) is 94.1 Å². The minimum atomic E-state index is -4.54. The molecule has 0 saturated carbocycles. The lowest BCUT2D eigenvalue weighted by atomic mass is 10.0. The summed E-state index contributed by atoms with van der Waals surface area (Å²) in [4.78, 5) is 25.3. The number of phosphoric acid groups is 1. The van der Waals surface area contributed by atoms with Gasteiger partial charge in [-0.3, -0.25) is 9.36 Å². The van der Waals surface area contributed by atoms with E-state index in [1.54, 1.807) is 0 Å². The summed E-state index contributed by atoms with van der Waals surface area (Å²) in [5, 5.41) is 0. The molecule has 430 valence electrons. The Kier molecular flexibility index (Phi) is 55.5. The first kappa shape index (κ1) is 71.5. The third kappa shape index (κ3) is 61.2. The third-order valence-corrected chi connectivity index (χ3v) is 14.8. The molecule has 0 bridgehead atoms. The largest absolute Gasteiger partial charge is 0.756 e. The SMILES string of the molecule is CCCCCCC/C=C\C/C=C\C/C=C\CCCCCCCCCCCCC(=O)OC(COCCCCCCCCCCCCCCCC/C=C\CCCCCCCCCC)COP(=O)([O-])OCC[N+](C)(C)C. The highest BCUT2D eigenvalue weighted by molar-refractivity contribution is 7.45. The Bertz CT molecular complexity index is 1310. The zero-order valence-electron chi connectivity index (χ0n) is 49.1. The molecule has 0 N–H and O–H groups in total. The van der Waals surface area contributed by atoms with Gasteiger partial charge in [-0.25, -0.2) is 0 Å². The maximum atomic E-state index is 12.8. The van der Waals surface area contributed by atoms with Crippen LogP contribution in [0.5, 0.6) is 0 Å². The number of ether oxygens (including phenoxy) is 2. The lowest BCUT2D eigenvalue weighted by Crippen LogP contribution is -2.37. The Balaban J connectivity index is 4.03. The number of likely N-dealkylation sites (N-methyl/N-ethyl adjacent to an activating group) is 1. The minimum Gasteiger partial charge on any atom is -0.756 e. The van der Waals surface area contributed by atoms with E-state index in [4.69, 9.17) is 18.5 Å². The van der Waals surface area contributed by atoms with Gasteiger partial charge in [0.05, 0.1) is 34.4 Å². The average Bonchev–Trinajstić information content (AvgIpc) is 3.35. The van der Waals surface area contributed by atoms with Crippen molar-refractivity contribution in [3.8, 4) is 0 Å². The molecule has 0 aromatic heterocycles. The van der Waals surface area contributed by atoms with Gasteiger partial charge in [-0.2, -0.15) is 0 Å². The second-order valence-electron chi connectivity index (χ2n) is 22.4. The molecule has 0 rings (SSSR count). The van der Waals surface area contributed by atoms with Gasteiger partial charge in [-0.1, -0.05) is 262 Å². The number of esters is 1. The normalized spacial score (nSPS) is 13.7. The van der Waals surface area contributed by atoms with Gasteiger partial charge in [0.15, 0.2) is 0 Å². The van der Waals surface area contributed by atoms with E-state index in [9.17, 15) is 14.3 Å². The van der Waals surface area contributed by atoms with Crippen LogP contribution in [0.25, 0.3) is 0 Å². The Morgan fingerprint density at radius 1 is 0.425 bits per heavy atom. The molecule has 9 heteroatoms. The fourth-order valence-electron chi connectivity index (χ4n) is 9.02. The molecule has 0 aliphatic heterocycles. The van der Waals surface area contributed by atoms with Crippen LogP contribution in [0.15, 0.2) is 48.6 Å². The summed E-state index contributed by atoms with van der Waals surface area (Å²) in [5.74, 6) is -0.334. The monoisotopic (exact) mass is 1050 g/mol. The van der Waals surface area contributed by atoms with Crippen molar-refractivity contribution < 1.29 is 37.3 Å². The first-order valence-corrected chi connectivity index (χ1v) is 32.8. The Labute approximate surface area is 454 Å². The standard InChI is InChI=1S/C64H122NO7P/c1-6-8-10-12-14-16-18-20-22-24-26-28-30-32-34-36-38-40-42-44-46-48-50-52-54-56-59-69-61-63(62-71-73(67,68)70-60-58-65(3,4)5)72-64(66)57-55-53-51-49-47-45-43-41-39-37-35-33-31-29-27-25-23-21-19-17-15-13-11-9-7-2/h19,21,24-27,31,33,63H,6-18,20,22-23,28-30,32,34-62H2,1-5H3/b21-19-,26-24-,27-25-,33-31-. The summed E-state index contributed by atoms with van der Waals surface area (Å²) in [6.45, 7) is 5.45. The zero-order chi connectivity index (χ0) is 53.3. The molecule has 2 atom stereocenters. The van der Waals surface area contributed by atoms with E-state index in [2.05, 4.69) is 62.5 Å². The molecule has 8 nitrogen and oxygen atoms in total. The van der Waals surface area contributed by atoms with Gasteiger partial charge in [0.25, 0.3) is 7.82 Å². The molecule has 0 aliphatic rings. The van der Waals surface area contributed by atoms with Crippen LogP contribution >= 0.6 is 7.82 Å². The Morgan fingerprint density at radius 2 is 0.753 bits per heavy atom. The molecule has 0 fully saturated rings. The van der Waals surface area contributed by atoms with Crippen molar-refractivity contribution in [2.75, 3.05) is 54.1 Å². The van der Waals surface area contributed by atoms with E-state index in [1.165, 1.54) is 231 Å². The van der Waals surface area contributed by atoms with Crippen LogP contribution in [-0.2, 0) is 27.9 Å². The van der Waals surface area contributed by atoms with Crippen molar-refractivity contribution >= 4 is 13.8 Å². The molecule has 0 saturated heterocycles. The van der Waals surface area contributed by atoms with E-state index >= 15 is 0 Å². The van der Waals surface area contributed by atoms with Crippen molar-refractivity contribution in [3.05, 3.63) is 48.6 Å². The van der Waals surface area contributed by atoms with Crippen LogP contribution in [0.1, 0.15) is 296 Å². The van der Waals surface area contributed by atoms with Gasteiger partial charge in [-0.15, -0.1) is 0 Å². The number of nitrogens with zero attached hydrogens (tertiary/aromatic N) is 1. The van der Waals surface area contributed by atoms with E-state index in [1.807, 2.05) is 21.1 Å². The predicted octanol–water partition coefficient (Wildman–Crippen LogP) is 19.6. The van der Waals surface area contributed by atoms with Crippen molar-refractivity contribution in [1.82, 2.24) is 0 Å². The van der Waals surface area contributed by atoms with Crippen LogP contribution in [-0.4, -0.2) is 70.7 Å². The molecular formula is C64H122NO7P. The number of allylic oxidation sites excluding steroid dienone is 8. The Morgan fingerprint density at radius 3 is 1.14 bits per heavy atom. The fourth-order valence-corrected chi connectivity index (χ4v) is 9.75. The molecule has 0 radical (unpaired) electrons. The highest BCUT2D eigenvalue weighted by Gasteiger charge is 2.20. The summed E-state index contributed by atoms with van der Waals surface area (Å²) in [7, 11) is 1.36. The highest BCUT2D eigenvalue weighted by Crippen LogP contribution is 2.38. The van der Waals surface area contributed by atoms with Crippen molar-refractivity contribution in [3.63, 3.8) is 0 Å². The van der Waals surface area contributed by atoms with Crippen LogP contribution in [0, 0.1) is 0 Å². The van der Waals surface area contributed by atoms with Gasteiger partial charge < -0.3 is 27.9 Å². The Hall–Kier alpha value is -1.54. The number of phosphoric ester groups is 1. The zero-order valence-corrected chi connectivity index (χ0v) is 50.0. The average molecular weight is 1050 g/mol. The smallest absolute Gasteiger partial charge is 0.306 e. The maximum Gasteiger partial charge on any atom is 0.306 e. The number of hydrogen-bond acceptors (Lipinski definition) is 7. The fraction of sp³-hybridized carbons (Fsp3) is 0.859. The van der Waals surface area contributed by atoms with Gasteiger partial charge in [-0.05, 0) is 77.0 Å². The third-order valence-electron chi connectivity index (χ3n) is 13.9. The summed E-state index contributed by atoms with van der Waals surface area (Å²) in [6.07, 6.45) is 73.1. The molecule has 0 heterocycles. The van der Waals surface area contributed by atoms with Crippen LogP contribution < -0.4 is 4.89 Å². The maximum absolute atomic E-state index is 12.8. The lowest BCUT2D eigenvalue weighted by molar-refractivity contribution is -0.870. The molecule has 0 aromatic carbocycles. The summed E-state index contributed by atoms with van der Waals surface area (Å²) >= 11 is 0. The molecule has 0 amide bonds. The van der Waals surface area contributed by atoms with E-state index in [0.717, 1.165) is 44.9 Å². The molecule has 0 spiro atoms. The quantitative estimate of drug-likeness (QED) is 0.0197. The molecule has 73 heavy (non-hydrogen) atoms. The van der Waals surface area contributed by atoms with Gasteiger partial charge >= 0.3 is 5.97 Å². The molecule has 0 aromatic rings. The van der Waals surface area contributed by atoms with Crippen molar-refractivity contribution in [2.45, 2.75) is 302 Å². The van der Waals surface area contributed by atoms with Gasteiger partial charge in [0.1, 0.15) is 19.3 Å². The van der Waals surface area contributed by atoms with Crippen molar-refractivity contribution in [1.29, 1.82) is 0 Å². The molecule has 2 unspecified atom stereocenters. The van der Waals surface area contributed by atoms with Crippen LogP contribution in [0.2, 0.25) is 0 Å². The number of rotatable bonds is 59. The van der Waals surface area contributed by atoms with E-state index < -0.39 is 13.9 Å². The summed E-state index contributed by atoms with van der Waals surface area (Å²) in [5.41, 5.74) is 0. The number of hydrogen-bond donors (Lipinski definition) is 0. The molecular weight excluding hydrogens is 926 g/mol. The highest BCUT2D eigenvalue weighted by atomic mass is 31.2. The predicted molar refractivity (Wildman–Crippen MR) is 314 cm³/mol. The van der Waals surface area contributed by atoms with Gasteiger partial charge in [0.2, 0.25) is 0 Å². The van der Waals surface area contributed by atoms with Crippen molar-refractivity contribution in [2.24, 2.45) is 0 Å². The first-order valence-electron chi connectivity index (χ1n) is 31.4. The second kappa shape index (κ2) is 56.7.